The van der Waals surface area contributed by atoms with Crippen LogP contribution in [0.15, 0.2) is 36.5 Å². The van der Waals surface area contributed by atoms with E-state index in [2.05, 4.69) is 20.3 Å². The maximum absolute atomic E-state index is 13.1. The van der Waals surface area contributed by atoms with Crippen LogP contribution in [0, 0.1) is 5.82 Å². The van der Waals surface area contributed by atoms with E-state index in [1.165, 1.54) is 12.1 Å². The second kappa shape index (κ2) is 5.16. The van der Waals surface area contributed by atoms with Gasteiger partial charge >= 0.3 is 0 Å². The highest BCUT2D eigenvalue weighted by Crippen LogP contribution is 2.18. The van der Waals surface area contributed by atoms with Gasteiger partial charge in [0.25, 0.3) is 0 Å². The molecule has 0 aliphatic carbocycles. The number of anilines is 1. The molecule has 3 rings (SSSR count). The molecule has 0 aliphatic rings. The Bertz CT molecular complexity index is 741. The number of methoxy groups -OCH3 is 1. The van der Waals surface area contributed by atoms with Crippen LogP contribution in [0.3, 0.4) is 0 Å². The van der Waals surface area contributed by atoms with Crippen molar-refractivity contribution in [2.75, 3.05) is 12.4 Å². The van der Waals surface area contributed by atoms with Crippen LogP contribution in [0.25, 0.3) is 11.0 Å². The number of nitrogens with zero attached hydrogens (tertiary/aromatic N) is 2. The van der Waals surface area contributed by atoms with Crippen molar-refractivity contribution in [3.63, 3.8) is 0 Å². The summed E-state index contributed by atoms with van der Waals surface area (Å²) in [7, 11) is 1.58. The van der Waals surface area contributed by atoms with E-state index < -0.39 is 0 Å². The van der Waals surface area contributed by atoms with Crippen LogP contribution in [0.4, 0.5) is 10.3 Å². The molecule has 0 amide bonds. The fourth-order valence-corrected chi connectivity index (χ4v) is 1.99. The molecule has 0 bridgehead atoms. The Morgan fingerprint density at radius 3 is 3.10 bits per heavy atom. The van der Waals surface area contributed by atoms with E-state index in [0.717, 1.165) is 5.56 Å². The fourth-order valence-electron chi connectivity index (χ4n) is 1.99. The Balaban J connectivity index is 1.79. The summed E-state index contributed by atoms with van der Waals surface area (Å²) < 4.78 is 18.3. The van der Waals surface area contributed by atoms with Crippen molar-refractivity contribution in [1.82, 2.24) is 15.0 Å². The van der Waals surface area contributed by atoms with Gasteiger partial charge in [-0.15, -0.1) is 0 Å². The van der Waals surface area contributed by atoms with E-state index >= 15 is 0 Å². The molecule has 3 aromatic rings. The third-order valence-electron chi connectivity index (χ3n) is 2.93. The lowest BCUT2D eigenvalue weighted by Crippen LogP contribution is -2.03. The van der Waals surface area contributed by atoms with Gasteiger partial charge in [-0.25, -0.2) is 14.4 Å². The summed E-state index contributed by atoms with van der Waals surface area (Å²) in [6.45, 7) is 0.513. The van der Waals surface area contributed by atoms with Gasteiger partial charge < -0.3 is 15.0 Å². The average molecular weight is 272 g/mol. The largest absolute Gasteiger partial charge is 0.481 e. The smallest absolute Gasteiger partial charge is 0.218 e. The van der Waals surface area contributed by atoms with Gasteiger partial charge in [0.1, 0.15) is 5.82 Å². The van der Waals surface area contributed by atoms with Crippen LogP contribution in [-0.4, -0.2) is 22.1 Å². The first-order chi connectivity index (χ1) is 9.76. The molecule has 0 atom stereocenters. The number of halogens is 1. The summed E-state index contributed by atoms with van der Waals surface area (Å²) in [5.41, 5.74) is 2.29. The van der Waals surface area contributed by atoms with Gasteiger partial charge in [-0.1, -0.05) is 6.07 Å². The first kappa shape index (κ1) is 12.4. The highest BCUT2D eigenvalue weighted by Gasteiger charge is 2.06. The van der Waals surface area contributed by atoms with Crippen LogP contribution < -0.4 is 10.1 Å². The Kier molecular flexibility index (Phi) is 3.20. The van der Waals surface area contributed by atoms with E-state index in [4.69, 9.17) is 4.74 Å². The Morgan fingerprint density at radius 1 is 1.35 bits per heavy atom. The molecule has 2 aromatic heterocycles. The minimum absolute atomic E-state index is 0.290. The predicted octanol–water partition coefficient (Wildman–Crippen LogP) is 2.72. The molecule has 6 heteroatoms. The lowest BCUT2D eigenvalue weighted by Gasteiger charge is -2.07. The van der Waals surface area contributed by atoms with Crippen molar-refractivity contribution < 1.29 is 9.13 Å². The van der Waals surface area contributed by atoms with Crippen molar-refractivity contribution in [1.29, 1.82) is 0 Å². The molecule has 0 unspecified atom stereocenters. The number of nitrogens with one attached hydrogen (secondary N) is 2. The third kappa shape index (κ3) is 2.40. The summed E-state index contributed by atoms with van der Waals surface area (Å²) >= 11 is 0. The summed E-state index contributed by atoms with van der Waals surface area (Å²) in [4.78, 5) is 11.5. The molecule has 0 saturated carbocycles. The summed E-state index contributed by atoms with van der Waals surface area (Å²) in [5.74, 6) is 0.861. The zero-order chi connectivity index (χ0) is 13.9. The van der Waals surface area contributed by atoms with Gasteiger partial charge in [-0.3, -0.25) is 0 Å². The summed E-state index contributed by atoms with van der Waals surface area (Å²) in [5, 5.41) is 3.14. The average Bonchev–Trinajstić information content (AvgIpc) is 2.87. The normalized spacial score (nSPS) is 10.7. The van der Waals surface area contributed by atoms with E-state index in [9.17, 15) is 4.39 Å². The van der Waals surface area contributed by atoms with Gasteiger partial charge in [-0.2, -0.15) is 0 Å². The number of hydrogen-bond acceptors (Lipinski definition) is 4. The number of benzene rings is 1. The quantitative estimate of drug-likeness (QED) is 0.766. The number of ether oxygens (including phenoxy) is 1. The molecule has 0 fully saturated rings. The lowest BCUT2D eigenvalue weighted by molar-refractivity contribution is 0.393. The topological polar surface area (TPSA) is 62.8 Å². The summed E-state index contributed by atoms with van der Waals surface area (Å²) in [6.07, 6.45) is 1.67. The SMILES string of the molecule is COc1ncccc1CNc1nc2ccc(F)cc2[nH]1. The molecule has 0 radical (unpaired) electrons. The van der Waals surface area contributed by atoms with Crippen molar-refractivity contribution >= 4 is 17.0 Å². The van der Waals surface area contributed by atoms with E-state index in [0.29, 0.717) is 29.4 Å². The Morgan fingerprint density at radius 2 is 2.25 bits per heavy atom. The zero-order valence-corrected chi connectivity index (χ0v) is 10.9. The maximum Gasteiger partial charge on any atom is 0.218 e. The van der Waals surface area contributed by atoms with Crippen molar-refractivity contribution in [3.8, 4) is 5.88 Å². The third-order valence-corrected chi connectivity index (χ3v) is 2.93. The second-order valence-corrected chi connectivity index (χ2v) is 4.27. The first-order valence-electron chi connectivity index (χ1n) is 6.13. The molecule has 0 saturated heterocycles. The highest BCUT2D eigenvalue weighted by atomic mass is 19.1. The number of rotatable bonds is 4. The van der Waals surface area contributed by atoms with E-state index in [1.807, 2.05) is 12.1 Å². The molecule has 1 aromatic carbocycles. The number of aromatic nitrogens is 3. The van der Waals surface area contributed by atoms with Crippen LogP contribution >= 0.6 is 0 Å². The molecule has 2 heterocycles. The van der Waals surface area contributed by atoms with Gasteiger partial charge in [0, 0.05) is 18.3 Å². The van der Waals surface area contributed by atoms with E-state index in [-0.39, 0.29) is 5.82 Å². The number of fused-ring (bicyclic) bond motifs is 1. The highest BCUT2D eigenvalue weighted by molar-refractivity contribution is 5.77. The second-order valence-electron chi connectivity index (χ2n) is 4.27. The Labute approximate surface area is 114 Å². The number of H-pyrrole nitrogens is 1. The zero-order valence-electron chi connectivity index (χ0n) is 10.9. The monoisotopic (exact) mass is 272 g/mol. The molecular formula is C14H13FN4O. The minimum Gasteiger partial charge on any atom is -0.481 e. The van der Waals surface area contributed by atoms with Crippen molar-refractivity contribution in [3.05, 3.63) is 47.9 Å². The standard InChI is InChI=1S/C14H13FN4O/c1-20-13-9(3-2-6-16-13)8-17-14-18-11-5-4-10(15)7-12(11)19-14/h2-7H,8H2,1H3,(H2,17,18,19). The fraction of sp³-hybridized carbons (Fsp3) is 0.143. The maximum atomic E-state index is 13.1. The molecule has 0 aliphatic heterocycles. The molecular weight excluding hydrogens is 259 g/mol. The predicted molar refractivity (Wildman–Crippen MR) is 74.2 cm³/mol. The van der Waals surface area contributed by atoms with E-state index in [1.54, 1.807) is 19.4 Å². The number of pyridine rings is 1. The molecule has 102 valence electrons. The van der Waals surface area contributed by atoms with Gasteiger partial charge in [0.2, 0.25) is 11.8 Å². The van der Waals surface area contributed by atoms with Crippen LogP contribution in [0.2, 0.25) is 0 Å². The van der Waals surface area contributed by atoms with Gasteiger partial charge in [0.05, 0.1) is 18.1 Å². The Hall–Kier alpha value is -2.63. The van der Waals surface area contributed by atoms with Crippen molar-refractivity contribution in [2.24, 2.45) is 0 Å². The number of imidazole rings is 1. The molecule has 0 spiro atoms. The summed E-state index contributed by atoms with van der Waals surface area (Å²) in [6, 6.07) is 8.20. The first-order valence-corrected chi connectivity index (χ1v) is 6.13. The number of aromatic amines is 1. The van der Waals surface area contributed by atoms with Gasteiger partial charge in [0.15, 0.2) is 0 Å². The molecule has 2 N–H and O–H groups in total. The van der Waals surface area contributed by atoms with Crippen molar-refractivity contribution in [2.45, 2.75) is 6.54 Å². The van der Waals surface area contributed by atoms with Gasteiger partial charge in [-0.05, 0) is 24.3 Å². The van der Waals surface area contributed by atoms with Crippen LogP contribution in [-0.2, 0) is 6.54 Å². The van der Waals surface area contributed by atoms with Crippen LogP contribution in [0.5, 0.6) is 5.88 Å². The minimum atomic E-state index is -0.290. The number of hydrogen-bond donors (Lipinski definition) is 2. The van der Waals surface area contributed by atoms with Crippen LogP contribution in [0.1, 0.15) is 5.56 Å². The lowest BCUT2D eigenvalue weighted by atomic mass is 10.3. The molecule has 5 nitrogen and oxygen atoms in total. The molecule has 20 heavy (non-hydrogen) atoms.